The van der Waals surface area contributed by atoms with Gasteiger partial charge in [0.2, 0.25) is 0 Å². The van der Waals surface area contributed by atoms with Crippen LogP contribution in [0.25, 0.3) is 0 Å². The van der Waals surface area contributed by atoms with E-state index >= 15 is 0 Å². The number of H-pyrrole nitrogens is 1. The average molecular weight is 347 g/mol. The lowest BCUT2D eigenvalue weighted by Crippen LogP contribution is -2.44. The molecule has 0 saturated heterocycles. The Kier molecular flexibility index (Phi) is 6.73. The number of hydrogen-bond donors (Lipinski definition) is 2. The maximum atomic E-state index is 12.5. The van der Waals surface area contributed by atoms with Crippen molar-refractivity contribution < 1.29 is 4.79 Å². The molecule has 1 aromatic heterocycles. The fraction of sp³-hybridized carbons (Fsp3) is 0.444. The first-order valence-electron chi connectivity index (χ1n) is 8.21. The molecule has 2 N–H and O–H groups in total. The summed E-state index contributed by atoms with van der Waals surface area (Å²) in [5.74, 6) is 0. The van der Waals surface area contributed by atoms with Crippen molar-refractivity contribution in [2.45, 2.75) is 44.7 Å². The van der Waals surface area contributed by atoms with E-state index in [1.54, 1.807) is 11.8 Å². The molecule has 0 unspecified atom stereocenters. The monoisotopic (exact) mass is 346 g/mol. The molecule has 24 heavy (non-hydrogen) atoms. The van der Waals surface area contributed by atoms with Crippen molar-refractivity contribution in [3.8, 4) is 0 Å². The van der Waals surface area contributed by atoms with Gasteiger partial charge in [0.25, 0.3) is 0 Å². The van der Waals surface area contributed by atoms with E-state index in [1.165, 1.54) is 4.90 Å². The van der Waals surface area contributed by atoms with E-state index in [0.29, 0.717) is 13.1 Å². The molecule has 0 aliphatic rings. The van der Waals surface area contributed by atoms with Crippen LogP contribution < -0.4 is 5.32 Å². The number of nitrogens with zero attached hydrogens (tertiary/aromatic N) is 2. The van der Waals surface area contributed by atoms with Gasteiger partial charge in [0.1, 0.15) is 0 Å². The number of benzene rings is 1. The minimum absolute atomic E-state index is 0.0353. The first kappa shape index (κ1) is 18.4. The topological polar surface area (TPSA) is 61.0 Å². The number of aromatic nitrogens is 2. The van der Waals surface area contributed by atoms with Gasteiger partial charge in [0.05, 0.1) is 5.69 Å². The summed E-state index contributed by atoms with van der Waals surface area (Å²) < 4.78 is 0. The van der Waals surface area contributed by atoms with Gasteiger partial charge in [-0.1, -0.05) is 12.1 Å². The zero-order valence-electron chi connectivity index (χ0n) is 14.8. The standard InChI is InChI=1S/C18H26N4OS/c1-5-22(12-15-6-8-17(24-4)9-7-15)18(23)19-13(2)10-16-11-14(3)20-21-16/h6-9,11,13H,5,10,12H2,1-4H3,(H,19,23)(H,20,21)/t13-/m1/s1. The summed E-state index contributed by atoms with van der Waals surface area (Å²) in [6, 6.07) is 10.4. The van der Waals surface area contributed by atoms with Crippen LogP contribution in [0, 0.1) is 6.92 Å². The van der Waals surface area contributed by atoms with Crippen LogP contribution in [0.3, 0.4) is 0 Å². The molecule has 0 aliphatic heterocycles. The second kappa shape index (κ2) is 8.78. The number of amides is 2. The molecule has 1 heterocycles. The van der Waals surface area contributed by atoms with Crippen molar-refractivity contribution in [1.29, 1.82) is 0 Å². The molecule has 0 fully saturated rings. The van der Waals surface area contributed by atoms with Crippen LogP contribution >= 0.6 is 11.8 Å². The van der Waals surface area contributed by atoms with Crippen LogP contribution in [0.2, 0.25) is 0 Å². The van der Waals surface area contributed by atoms with Crippen LogP contribution in [0.4, 0.5) is 4.79 Å². The number of aromatic amines is 1. The van der Waals surface area contributed by atoms with Gasteiger partial charge in [0.15, 0.2) is 0 Å². The number of thioether (sulfide) groups is 1. The molecule has 2 aromatic rings. The molecule has 1 aromatic carbocycles. The van der Waals surface area contributed by atoms with Gasteiger partial charge in [-0.25, -0.2) is 4.79 Å². The third-order valence-corrected chi connectivity index (χ3v) is 4.59. The van der Waals surface area contributed by atoms with E-state index in [-0.39, 0.29) is 12.1 Å². The van der Waals surface area contributed by atoms with E-state index in [0.717, 1.165) is 23.4 Å². The highest BCUT2D eigenvalue weighted by molar-refractivity contribution is 7.98. The molecular formula is C18H26N4OS. The quantitative estimate of drug-likeness (QED) is 0.753. The minimum Gasteiger partial charge on any atom is -0.335 e. The van der Waals surface area contributed by atoms with Gasteiger partial charge in [-0.05, 0) is 50.8 Å². The number of nitrogens with one attached hydrogen (secondary N) is 2. The van der Waals surface area contributed by atoms with E-state index in [9.17, 15) is 4.79 Å². The molecule has 5 nitrogen and oxygen atoms in total. The van der Waals surface area contributed by atoms with Crippen molar-refractivity contribution in [3.63, 3.8) is 0 Å². The lowest BCUT2D eigenvalue weighted by molar-refractivity contribution is 0.194. The largest absolute Gasteiger partial charge is 0.335 e. The summed E-state index contributed by atoms with van der Waals surface area (Å²) in [5, 5.41) is 10.2. The van der Waals surface area contributed by atoms with E-state index < -0.39 is 0 Å². The number of urea groups is 1. The summed E-state index contributed by atoms with van der Waals surface area (Å²) >= 11 is 1.72. The van der Waals surface area contributed by atoms with Gasteiger partial charge in [-0.2, -0.15) is 5.10 Å². The first-order chi connectivity index (χ1) is 11.5. The van der Waals surface area contributed by atoms with Crippen LogP contribution in [0.15, 0.2) is 35.2 Å². The normalized spacial score (nSPS) is 12.0. The van der Waals surface area contributed by atoms with Crippen LogP contribution in [-0.2, 0) is 13.0 Å². The van der Waals surface area contributed by atoms with Gasteiger partial charge in [0, 0.05) is 36.1 Å². The van der Waals surface area contributed by atoms with Gasteiger partial charge in [-0.15, -0.1) is 11.8 Å². The summed E-state index contributed by atoms with van der Waals surface area (Å²) in [5.41, 5.74) is 3.14. The Balaban J connectivity index is 1.89. The minimum atomic E-state index is -0.0359. The molecule has 130 valence electrons. The smallest absolute Gasteiger partial charge is 0.317 e. The highest BCUT2D eigenvalue weighted by atomic mass is 32.2. The van der Waals surface area contributed by atoms with E-state index in [4.69, 9.17) is 0 Å². The Bertz CT molecular complexity index is 653. The highest BCUT2D eigenvalue weighted by Crippen LogP contribution is 2.16. The third-order valence-electron chi connectivity index (χ3n) is 3.85. The molecule has 0 spiro atoms. The summed E-state index contributed by atoms with van der Waals surface area (Å²) in [7, 11) is 0. The fourth-order valence-corrected chi connectivity index (χ4v) is 2.93. The molecular weight excluding hydrogens is 320 g/mol. The SMILES string of the molecule is CCN(Cc1ccc(SC)cc1)C(=O)N[C@H](C)Cc1cc(C)[nH]n1. The number of aryl methyl sites for hydroxylation is 1. The molecule has 6 heteroatoms. The van der Waals surface area contributed by atoms with E-state index in [2.05, 4.69) is 46.0 Å². The summed E-state index contributed by atoms with van der Waals surface area (Å²) in [6.45, 7) is 7.26. The predicted molar refractivity (Wildman–Crippen MR) is 99.3 cm³/mol. The lowest BCUT2D eigenvalue weighted by atomic mass is 10.2. The van der Waals surface area contributed by atoms with Gasteiger partial charge >= 0.3 is 6.03 Å². The molecule has 0 saturated carbocycles. The van der Waals surface area contributed by atoms with Crippen molar-refractivity contribution in [2.75, 3.05) is 12.8 Å². The molecule has 1 atom stereocenters. The Morgan fingerprint density at radius 3 is 2.62 bits per heavy atom. The van der Waals surface area contributed by atoms with E-state index in [1.807, 2.05) is 31.7 Å². The Morgan fingerprint density at radius 2 is 2.08 bits per heavy atom. The highest BCUT2D eigenvalue weighted by Gasteiger charge is 2.15. The van der Waals surface area contributed by atoms with Crippen molar-refractivity contribution in [3.05, 3.63) is 47.3 Å². The first-order valence-corrected chi connectivity index (χ1v) is 9.43. The molecule has 2 amide bonds. The van der Waals surface area contributed by atoms with Crippen molar-refractivity contribution >= 4 is 17.8 Å². The summed E-state index contributed by atoms with van der Waals surface area (Å²) in [4.78, 5) is 15.5. The fourth-order valence-electron chi connectivity index (χ4n) is 2.52. The predicted octanol–water partition coefficient (Wildman–Crippen LogP) is 3.60. The third kappa shape index (κ3) is 5.30. The second-order valence-corrected chi connectivity index (χ2v) is 6.84. The molecule has 2 rings (SSSR count). The van der Waals surface area contributed by atoms with Crippen molar-refractivity contribution in [1.82, 2.24) is 20.4 Å². The average Bonchev–Trinajstić information content (AvgIpc) is 2.97. The number of rotatable bonds is 7. The number of carbonyl (C=O) groups excluding carboxylic acids is 1. The maximum absolute atomic E-state index is 12.5. The van der Waals surface area contributed by atoms with Crippen molar-refractivity contribution in [2.24, 2.45) is 0 Å². The Hall–Kier alpha value is -1.95. The molecule has 0 radical (unpaired) electrons. The Labute approximate surface area is 148 Å². The zero-order chi connectivity index (χ0) is 17.5. The van der Waals surface area contributed by atoms with Crippen LogP contribution in [0.5, 0.6) is 0 Å². The zero-order valence-corrected chi connectivity index (χ0v) is 15.6. The number of carbonyl (C=O) groups is 1. The lowest BCUT2D eigenvalue weighted by Gasteiger charge is -2.24. The number of hydrogen-bond acceptors (Lipinski definition) is 3. The van der Waals surface area contributed by atoms with Crippen LogP contribution in [0.1, 0.15) is 30.8 Å². The summed E-state index contributed by atoms with van der Waals surface area (Å²) in [6.07, 6.45) is 2.78. The maximum Gasteiger partial charge on any atom is 0.317 e. The van der Waals surface area contributed by atoms with Gasteiger partial charge < -0.3 is 10.2 Å². The molecule has 0 bridgehead atoms. The Morgan fingerprint density at radius 1 is 1.38 bits per heavy atom. The van der Waals surface area contributed by atoms with Gasteiger partial charge in [-0.3, -0.25) is 5.10 Å². The van der Waals surface area contributed by atoms with Crippen LogP contribution in [-0.4, -0.2) is 40.0 Å². The molecule has 0 aliphatic carbocycles. The second-order valence-electron chi connectivity index (χ2n) is 5.96.